The molecule has 5 nitrogen and oxygen atoms in total. The average molecular weight is 202 g/mol. The predicted octanol–water partition coefficient (Wildman–Crippen LogP) is 0.740. The van der Waals surface area contributed by atoms with Gasteiger partial charge < -0.3 is 19.3 Å². The quantitative estimate of drug-likeness (QED) is 0.684. The van der Waals surface area contributed by atoms with Crippen molar-refractivity contribution in [1.82, 2.24) is 0 Å². The van der Waals surface area contributed by atoms with Crippen molar-refractivity contribution in [2.24, 2.45) is 5.92 Å². The Hall–Kier alpha value is -1.23. The average Bonchev–Trinajstić information content (AvgIpc) is 2.40. The third kappa shape index (κ3) is 2.63. The maximum Gasteiger partial charge on any atom is 0.358 e. The number of ether oxygens (including phenoxy) is 3. The van der Waals surface area contributed by atoms with Gasteiger partial charge in [-0.15, -0.1) is 0 Å². The summed E-state index contributed by atoms with van der Waals surface area (Å²) < 4.78 is 14.5. The number of aliphatic hydroxyl groups is 1. The minimum Gasteiger partial charge on any atom is -0.457 e. The third-order valence-electron chi connectivity index (χ3n) is 1.73. The lowest BCUT2D eigenvalue weighted by Crippen LogP contribution is -2.14. The van der Waals surface area contributed by atoms with Crippen LogP contribution < -0.4 is 0 Å². The molecule has 1 rings (SSSR count). The van der Waals surface area contributed by atoms with Crippen molar-refractivity contribution in [3.8, 4) is 0 Å². The van der Waals surface area contributed by atoms with Crippen LogP contribution in [0.1, 0.15) is 20.8 Å². The van der Waals surface area contributed by atoms with E-state index in [0.29, 0.717) is 11.5 Å². The number of rotatable bonds is 3. The van der Waals surface area contributed by atoms with Gasteiger partial charge in [0.15, 0.2) is 12.4 Å². The van der Waals surface area contributed by atoms with Gasteiger partial charge in [-0.25, -0.2) is 0 Å². The summed E-state index contributed by atoms with van der Waals surface area (Å²) in [6, 6.07) is 0. The van der Waals surface area contributed by atoms with Crippen LogP contribution in [0.15, 0.2) is 11.5 Å². The molecule has 0 aromatic carbocycles. The largest absolute Gasteiger partial charge is 0.457 e. The number of esters is 1. The molecule has 1 heterocycles. The van der Waals surface area contributed by atoms with Crippen LogP contribution in [0.3, 0.4) is 0 Å². The van der Waals surface area contributed by atoms with E-state index in [1.54, 1.807) is 20.8 Å². The number of carbonyl (C=O) groups excluding carboxylic acids is 1. The van der Waals surface area contributed by atoms with Gasteiger partial charge in [0.2, 0.25) is 0 Å². The molecule has 0 saturated carbocycles. The molecular weight excluding hydrogens is 188 g/mol. The molecule has 1 aliphatic rings. The summed E-state index contributed by atoms with van der Waals surface area (Å²) in [5, 5.41) is 8.92. The Kier molecular flexibility index (Phi) is 3.35. The highest BCUT2D eigenvalue weighted by Gasteiger charge is 2.23. The Balaban J connectivity index is 2.39. The summed E-state index contributed by atoms with van der Waals surface area (Å²) in [7, 11) is 0. The first kappa shape index (κ1) is 10.8. The Morgan fingerprint density at radius 3 is 2.64 bits per heavy atom. The van der Waals surface area contributed by atoms with E-state index in [1.165, 1.54) is 0 Å². The van der Waals surface area contributed by atoms with Crippen molar-refractivity contribution < 1.29 is 24.1 Å². The standard InChI is InChI=1S/C9H14O5/c1-5(2)8(10)12-4-7-6(3)13-9(11)14-7/h5,9,11H,4H2,1-3H3. The van der Waals surface area contributed by atoms with E-state index in [-0.39, 0.29) is 18.5 Å². The lowest BCUT2D eigenvalue weighted by atomic mass is 10.2. The summed E-state index contributed by atoms with van der Waals surface area (Å²) in [5.41, 5.74) is 0. The van der Waals surface area contributed by atoms with Gasteiger partial charge in [0, 0.05) is 0 Å². The maximum absolute atomic E-state index is 11.1. The zero-order valence-corrected chi connectivity index (χ0v) is 8.44. The fourth-order valence-corrected chi connectivity index (χ4v) is 0.885. The second kappa shape index (κ2) is 4.32. The molecule has 0 amide bonds. The molecule has 0 spiro atoms. The molecule has 1 unspecified atom stereocenters. The van der Waals surface area contributed by atoms with E-state index >= 15 is 0 Å². The molecule has 5 heteroatoms. The van der Waals surface area contributed by atoms with Crippen molar-refractivity contribution in [3.05, 3.63) is 11.5 Å². The van der Waals surface area contributed by atoms with Crippen LogP contribution in [0.4, 0.5) is 0 Å². The zero-order valence-electron chi connectivity index (χ0n) is 8.44. The molecule has 0 saturated heterocycles. The molecule has 0 radical (unpaired) electrons. The Bertz CT molecular complexity index is 256. The van der Waals surface area contributed by atoms with Crippen LogP contribution in [-0.4, -0.2) is 24.2 Å². The molecule has 0 aromatic rings. The van der Waals surface area contributed by atoms with E-state index in [1.807, 2.05) is 0 Å². The van der Waals surface area contributed by atoms with Crippen LogP contribution in [-0.2, 0) is 19.0 Å². The Labute approximate surface area is 82.3 Å². The summed E-state index contributed by atoms with van der Waals surface area (Å²) >= 11 is 0. The van der Waals surface area contributed by atoms with Crippen LogP contribution in [0, 0.1) is 5.92 Å². The summed E-state index contributed by atoms with van der Waals surface area (Å²) in [5.74, 6) is 0.305. The number of aliphatic hydroxyl groups excluding tert-OH is 1. The van der Waals surface area contributed by atoms with Crippen LogP contribution in [0.2, 0.25) is 0 Å². The van der Waals surface area contributed by atoms with Crippen molar-refractivity contribution in [2.75, 3.05) is 6.61 Å². The van der Waals surface area contributed by atoms with Crippen LogP contribution in [0.25, 0.3) is 0 Å². The van der Waals surface area contributed by atoms with Gasteiger partial charge in [0.05, 0.1) is 5.92 Å². The van der Waals surface area contributed by atoms with E-state index < -0.39 is 6.48 Å². The first-order chi connectivity index (χ1) is 6.50. The third-order valence-corrected chi connectivity index (χ3v) is 1.73. The van der Waals surface area contributed by atoms with Gasteiger partial charge >= 0.3 is 12.4 Å². The molecule has 0 bridgehead atoms. The molecule has 0 aliphatic carbocycles. The highest BCUT2D eigenvalue weighted by Crippen LogP contribution is 2.20. The van der Waals surface area contributed by atoms with Crippen molar-refractivity contribution in [2.45, 2.75) is 27.2 Å². The van der Waals surface area contributed by atoms with Gasteiger partial charge in [0.1, 0.15) is 5.76 Å². The first-order valence-corrected chi connectivity index (χ1v) is 4.38. The van der Waals surface area contributed by atoms with E-state index in [2.05, 4.69) is 0 Å². The summed E-state index contributed by atoms with van der Waals surface area (Å²) in [6.07, 6.45) is 0. The van der Waals surface area contributed by atoms with Gasteiger partial charge in [-0.1, -0.05) is 13.8 Å². The Morgan fingerprint density at radius 1 is 1.57 bits per heavy atom. The molecule has 1 N–H and O–H groups in total. The molecular formula is C9H14O5. The smallest absolute Gasteiger partial charge is 0.358 e. The molecule has 14 heavy (non-hydrogen) atoms. The maximum atomic E-state index is 11.1. The fourth-order valence-electron chi connectivity index (χ4n) is 0.885. The van der Waals surface area contributed by atoms with Crippen LogP contribution >= 0.6 is 0 Å². The lowest BCUT2D eigenvalue weighted by molar-refractivity contribution is -0.195. The van der Waals surface area contributed by atoms with Gasteiger partial charge in [-0.3, -0.25) is 4.79 Å². The minimum atomic E-state index is -1.28. The monoisotopic (exact) mass is 202 g/mol. The van der Waals surface area contributed by atoms with Crippen molar-refractivity contribution in [1.29, 1.82) is 0 Å². The SMILES string of the molecule is CC1=C(COC(=O)C(C)C)OC(O)O1. The molecule has 0 fully saturated rings. The van der Waals surface area contributed by atoms with Gasteiger partial charge in [0.25, 0.3) is 0 Å². The number of allylic oxidation sites excluding steroid dienone is 1. The molecule has 80 valence electrons. The molecule has 1 aliphatic heterocycles. The molecule has 1 atom stereocenters. The second-order valence-electron chi connectivity index (χ2n) is 3.28. The van der Waals surface area contributed by atoms with E-state index in [4.69, 9.17) is 19.3 Å². The van der Waals surface area contributed by atoms with Crippen LogP contribution in [0.5, 0.6) is 0 Å². The van der Waals surface area contributed by atoms with Gasteiger partial charge in [-0.2, -0.15) is 0 Å². The Morgan fingerprint density at radius 2 is 2.21 bits per heavy atom. The highest BCUT2D eigenvalue weighted by atomic mass is 16.8. The lowest BCUT2D eigenvalue weighted by Gasteiger charge is -2.07. The van der Waals surface area contributed by atoms with E-state index in [9.17, 15) is 4.79 Å². The first-order valence-electron chi connectivity index (χ1n) is 4.38. The summed E-state index contributed by atoms with van der Waals surface area (Å²) in [6.45, 7) is 3.84. The number of carbonyl (C=O) groups is 1. The number of hydrogen-bond acceptors (Lipinski definition) is 5. The topological polar surface area (TPSA) is 65.0 Å². The second-order valence-corrected chi connectivity index (χ2v) is 3.28. The van der Waals surface area contributed by atoms with E-state index in [0.717, 1.165) is 0 Å². The zero-order chi connectivity index (χ0) is 10.7. The predicted molar refractivity (Wildman–Crippen MR) is 46.7 cm³/mol. The summed E-state index contributed by atoms with van der Waals surface area (Å²) in [4.78, 5) is 11.1. The number of hydrogen-bond donors (Lipinski definition) is 1. The fraction of sp³-hybridized carbons (Fsp3) is 0.667. The minimum absolute atomic E-state index is 0.0000926. The highest BCUT2D eigenvalue weighted by molar-refractivity contribution is 5.71. The van der Waals surface area contributed by atoms with Crippen molar-refractivity contribution >= 4 is 5.97 Å². The van der Waals surface area contributed by atoms with Gasteiger partial charge in [-0.05, 0) is 6.92 Å². The van der Waals surface area contributed by atoms with Crippen molar-refractivity contribution in [3.63, 3.8) is 0 Å². The normalized spacial score (nSPS) is 20.8. The molecule has 0 aromatic heterocycles.